The smallest absolute Gasteiger partial charge is 0.228 e. The minimum atomic E-state index is -0.388. The number of halogens is 1. The number of nitrogens with zero attached hydrogens (tertiary/aromatic N) is 1. The molecule has 4 aromatic rings. The summed E-state index contributed by atoms with van der Waals surface area (Å²) in [4.78, 5) is 28.6. The van der Waals surface area contributed by atoms with Gasteiger partial charge in [-0.1, -0.05) is 54.6 Å². The molecule has 1 saturated heterocycles. The summed E-state index contributed by atoms with van der Waals surface area (Å²) in [5.41, 5.74) is 1.66. The van der Waals surface area contributed by atoms with Gasteiger partial charge in [-0.15, -0.1) is 0 Å². The molecule has 4 aromatic carbocycles. The van der Waals surface area contributed by atoms with Gasteiger partial charge in [0.15, 0.2) is 0 Å². The molecular formula is C32H32FN3O3. The van der Waals surface area contributed by atoms with Crippen molar-refractivity contribution >= 4 is 28.3 Å². The van der Waals surface area contributed by atoms with Gasteiger partial charge in [-0.2, -0.15) is 0 Å². The number of ether oxygens (including phenoxy) is 1. The first-order valence-corrected chi connectivity index (χ1v) is 13.3. The molecule has 0 spiro atoms. The summed E-state index contributed by atoms with van der Waals surface area (Å²) < 4.78 is 19.0. The highest BCUT2D eigenvalue weighted by atomic mass is 19.1. The van der Waals surface area contributed by atoms with Gasteiger partial charge < -0.3 is 15.4 Å². The normalized spacial score (nSPS) is 17.5. The number of anilines is 1. The first kappa shape index (κ1) is 26.4. The average molecular weight is 526 g/mol. The lowest BCUT2D eigenvalue weighted by molar-refractivity contribution is -0.130. The maximum absolute atomic E-state index is 13.3. The molecule has 2 atom stereocenters. The van der Waals surface area contributed by atoms with Crippen molar-refractivity contribution in [2.24, 2.45) is 11.8 Å². The average Bonchev–Trinajstić information content (AvgIpc) is 2.96. The molecule has 0 radical (unpaired) electrons. The van der Waals surface area contributed by atoms with Crippen LogP contribution < -0.4 is 15.4 Å². The summed E-state index contributed by atoms with van der Waals surface area (Å²) in [6, 6.07) is 29.7. The number of hydrogen-bond acceptors (Lipinski definition) is 4. The third-order valence-corrected chi connectivity index (χ3v) is 7.01. The van der Waals surface area contributed by atoms with Crippen molar-refractivity contribution in [3.63, 3.8) is 0 Å². The van der Waals surface area contributed by atoms with Crippen LogP contribution in [0.4, 0.5) is 10.1 Å². The molecule has 39 heavy (non-hydrogen) atoms. The van der Waals surface area contributed by atoms with Crippen molar-refractivity contribution in [2.75, 3.05) is 31.6 Å². The maximum atomic E-state index is 13.3. The second-order valence-corrected chi connectivity index (χ2v) is 9.95. The summed E-state index contributed by atoms with van der Waals surface area (Å²) in [6.45, 7) is 2.45. The minimum Gasteiger partial charge on any atom is -0.492 e. The number of likely N-dealkylation sites (tertiary alicyclic amines) is 1. The Labute approximate surface area is 227 Å². The fourth-order valence-corrected chi connectivity index (χ4v) is 5.08. The number of carbonyl (C=O) groups is 2. The fourth-order valence-electron chi connectivity index (χ4n) is 5.08. The summed E-state index contributed by atoms with van der Waals surface area (Å²) in [6.07, 6.45) is 0.437. The minimum absolute atomic E-state index is 0.0885. The van der Waals surface area contributed by atoms with E-state index in [4.69, 9.17) is 4.74 Å². The van der Waals surface area contributed by atoms with Crippen molar-refractivity contribution in [3.8, 4) is 5.75 Å². The number of hydrogen-bond donors (Lipinski definition) is 2. The lowest BCUT2D eigenvalue weighted by atomic mass is 9.87. The molecule has 2 N–H and O–H groups in total. The van der Waals surface area contributed by atoms with E-state index in [1.807, 2.05) is 42.5 Å². The molecule has 1 heterocycles. The van der Waals surface area contributed by atoms with Crippen LogP contribution in [-0.4, -0.2) is 43.0 Å². The first-order valence-electron chi connectivity index (χ1n) is 13.3. The van der Waals surface area contributed by atoms with E-state index in [1.165, 1.54) is 17.5 Å². The van der Waals surface area contributed by atoms with Gasteiger partial charge in [0, 0.05) is 25.3 Å². The van der Waals surface area contributed by atoms with Crippen molar-refractivity contribution in [2.45, 2.75) is 13.0 Å². The zero-order chi connectivity index (χ0) is 27.0. The van der Waals surface area contributed by atoms with E-state index in [1.54, 1.807) is 12.1 Å². The molecule has 6 nitrogen and oxygen atoms in total. The molecule has 7 heteroatoms. The summed E-state index contributed by atoms with van der Waals surface area (Å²) in [5, 5.41) is 8.21. The molecule has 1 aliphatic heterocycles. The molecule has 1 fully saturated rings. The highest BCUT2D eigenvalue weighted by Crippen LogP contribution is 2.26. The predicted octanol–water partition coefficient (Wildman–Crippen LogP) is 5.25. The van der Waals surface area contributed by atoms with Crippen LogP contribution in [0.5, 0.6) is 5.75 Å². The summed E-state index contributed by atoms with van der Waals surface area (Å²) in [5.74, 6) is -0.603. The van der Waals surface area contributed by atoms with Gasteiger partial charge >= 0.3 is 0 Å². The second kappa shape index (κ2) is 12.5. The molecular weight excluding hydrogens is 493 g/mol. The van der Waals surface area contributed by atoms with Gasteiger partial charge in [-0.25, -0.2) is 4.39 Å². The number of nitrogens with one attached hydrogen (secondary N) is 2. The molecule has 0 aromatic heterocycles. The van der Waals surface area contributed by atoms with E-state index in [2.05, 4.69) is 45.9 Å². The number of benzene rings is 4. The number of amides is 2. The van der Waals surface area contributed by atoms with Gasteiger partial charge in [-0.3, -0.25) is 14.5 Å². The number of piperidine rings is 1. The lowest BCUT2D eigenvalue weighted by Crippen LogP contribution is -2.49. The Morgan fingerprint density at radius 2 is 1.51 bits per heavy atom. The Morgan fingerprint density at radius 3 is 2.28 bits per heavy atom. The van der Waals surface area contributed by atoms with Gasteiger partial charge in [0.05, 0.1) is 18.4 Å². The van der Waals surface area contributed by atoms with Crippen molar-refractivity contribution in [1.29, 1.82) is 0 Å². The van der Waals surface area contributed by atoms with Crippen LogP contribution in [0.3, 0.4) is 0 Å². The quantitative estimate of drug-likeness (QED) is 0.293. The Morgan fingerprint density at radius 1 is 0.821 bits per heavy atom. The third kappa shape index (κ3) is 7.21. The van der Waals surface area contributed by atoms with E-state index < -0.39 is 0 Å². The first-order chi connectivity index (χ1) is 19.0. The van der Waals surface area contributed by atoms with E-state index in [0.717, 1.165) is 16.7 Å². The molecule has 200 valence electrons. The molecule has 0 unspecified atom stereocenters. The molecule has 2 amide bonds. The SMILES string of the molecule is O=C(NCCOc1ccccc1)[C@H]1C[C@@H](C(=O)Nc2ccc(F)cc2)CN(Cc2ccc3ccccc3c2)C1. The molecule has 5 rings (SSSR count). The Bertz CT molecular complexity index is 1410. The van der Waals surface area contributed by atoms with Crippen LogP contribution in [0.2, 0.25) is 0 Å². The Kier molecular flexibility index (Phi) is 8.48. The highest BCUT2D eigenvalue weighted by molar-refractivity contribution is 5.93. The van der Waals surface area contributed by atoms with Gasteiger partial charge in [0.2, 0.25) is 11.8 Å². The zero-order valence-corrected chi connectivity index (χ0v) is 21.7. The highest BCUT2D eigenvalue weighted by Gasteiger charge is 2.35. The van der Waals surface area contributed by atoms with Crippen LogP contribution in [0.1, 0.15) is 12.0 Å². The standard InChI is InChI=1S/C32H32FN3O3/c33-28-12-14-29(15-13-28)35-32(38)27-19-26(31(37)34-16-17-39-30-8-2-1-3-9-30)21-36(22-27)20-23-10-11-24-6-4-5-7-25(24)18-23/h1-15,18,26-27H,16-17,19-22H2,(H,34,37)(H,35,38)/t26-,27+/m0/s1. The Balaban J connectivity index is 1.25. The van der Waals surface area contributed by atoms with Crippen LogP contribution in [-0.2, 0) is 16.1 Å². The number of fused-ring (bicyclic) bond motifs is 1. The van der Waals surface area contributed by atoms with Crippen LogP contribution >= 0.6 is 0 Å². The third-order valence-electron chi connectivity index (χ3n) is 7.01. The van der Waals surface area contributed by atoms with Crippen molar-refractivity contribution in [3.05, 3.63) is 108 Å². The molecule has 0 bridgehead atoms. The largest absolute Gasteiger partial charge is 0.492 e. The maximum Gasteiger partial charge on any atom is 0.228 e. The van der Waals surface area contributed by atoms with Gasteiger partial charge in [0.25, 0.3) is 0 Å². The van der Waals surface area contributed by atoms with E-state index >= 15 is 0 Å². The second-order valence-electron chi connectivity index (χ2n) is 9.95. The summed E-state index contributed by atoms with van der Waals surface area (Å²) >= 11 is 0. The van der Waals surface area contributed by atoms with E-state index in [-0.39, 0.29) is 29.5 Å². The molecule has 0 saturated carbocycles. The summed E-state index contributed by atoms with van der Waals surface area (Å²) in [7, 11) is 0. The monoisotopic (exact) mass is 525 g/mol. The molecule has 0 aliphatic carbocycles. The fraction of sp³-hybridized carbons (Fsp3) is 0.250. The zero-order valence-electron chi connectivity index (χ0n) is 21.7. The lowest BCUT2D eigenvalue weighted by Gasteiger charge is -2.36. The van der Waals surface area contributed by atoms with Crippen LogP contribution in [0.25, 0.3) is 10.8 Å². The van der Waals surface area contributed by atoms with E-state index in [9.17, 15) is 14.0 Å². The predicted molar refractivity (Wildman–Crippen MR) is 151 cm³/mol. The topological polar surface area (TPSA) is 70.7 Å². The Hall–Kier alpha value is -4.23. The van der Waals surface area contributed by atoms with Crippen LogP contribution in [0, 0.1) is 17.7 Å². The number of para-hydroxylation sites is 1. The van der Waals surface area contributed by atoms with Gasteiger partial charge in [-0.05, 0) is 65.2 Å². The number of rotatable bonds is 9. The van der Waals surface area contributed by atoms with Gasteiger partial charge in [0.1, 0.15) is 18.2 Å². The van der Waals surface area contributed by atoms with Crippen LogP contribution in [0.15, 0.2) is 97.1 Å². The van der Waals surface area contributed by atoms with E-state index in [0.29, 0.717) is 44.9 Å². The molecule has 1 aliphatic rings. The number of carbonyl (C=O) groups excluding carboxylic acids is 2. The van der Waals surface area contributed by atoms with Crippen molar-refractivity contribution < 1.29 is 18.7 Å². The van der Waals surface area contributed by atoms with Crippen molar-refractivity contribution in [1.82, 2.24) is 10.2 Å².